The van der Waals surface area contributed by atoms with E-state index in [2.05, 4.69) is 15.6 Å². The van der Waals surface area contributed by atoms with Crippen LogP contribution >= 0.6 is 24.0 Å². The van der Waals surface area contributed by atoms with Gasteiger partial charge in [0.1, 0.15) is 5.75 Å². The van der Waals surface area contributed by atoms with Crippen LogP contribution in [0.25, 0.3) is 0 Å². The van der Waals surface area contributed by atoms with E-state index in [1.54, 1.807) is 7.11 Å². The normalized spacial score (nSPS) is 10.7. The van der Waals surface area contributed by atoms with E-state index < -0.39 is 0 Å². The summed E-state index contributed by atoms with van der Waals surface area (Å²) in [6, 6.07) is 17.8. The maximum atomic E-state index is 12.6. The number of carbonyl (C=O) groups is 1. The molecule has 0 spiro atoms. The van der Waals surface area contributed by atoms with Crippen LogP contribution in [0.4, 0.5) is 0 Å². The van der Waals surface area contributed by atoms with Gasteiger partial charge in [0, 0.05) is 19.6 Å². The number of amides is 1. The number of guanidine groups is 1. The van der Waals surface area contributed by atoms with Gasteiger partial charge in [-0.25, -0.2) is 4.99 Å². The van der Waals surface area contributed by atoms with E-state index in [1.165, 1.54) is 0 Å². The molecule has 0 radical (unpaired) electrons. The summed E-state index contributed by atoms with van der Waals surface area (Å²) in [5.41, 5.74) is 2.17. The highest BCUT2D eigenvalue weighted by Crippen LogP contribution is 2.13. The molecule has 158 valence electrons. The summed E-state index contributed by atoms with van der Waals surface area (Å²) < 4.78 is 5.25. The average Bonchev–Trinajstić information content (AvgIpc) is 2.74. The van der Waals surface area contributed by atoms with Gasteiger partial charge in [0.15, 0.2) is 5.96 Å². The Hall–Kier alpha value is -2.29. The molecule has 1 amide bonds. The van der Waals surface area contributed by atoms with E-state index in [9.17, 15) is 4.79 Å². The summed E-state index contributed by atoms with van der Waals surface area (Å²) in [6.07, 6.45) is 0. The number of halogens is 1. The molecule has 2 aromatic rings. The van der Waals surface area contributed by atoms with Crippen LogP contribution < -0.4 is 15.4 Å². The third-order valence-corrected chi connectivity index (χ3v) is 4.26. The zero-order valence-corrected chi connectivity index (χ0v) is 19.7. The molecule has 2 N–H and O–H groups in total. The Bertz CT molecular complexity index is 768. The maximum absolute atomic E-state index is 12.6. The Morgan fingerprint density at radius 2 is 1.76 bits per heavy atom. The van der Waals surface area contributed by atoms with Crippen LogP contribution in [0.3, 0.4) is 0 Å². The van der Waals surface area contributed by atoms with E-state index in [0.29, 0.717) is 25.6 Å². The number of likely N-dealkylation sites (N-methyl/N-ethyl adjacent to an activating group) is 1. The molecule has 0 aliphatic carbocycles. The molecular formula is C22H31IN4O2. The largest absolute Gasteiger partial charge is 0.497 e. The van der Waals surface area contributed by atoms with Crippen molar-refractivity contribution in [1.29, 1.82) is 0 Å². The van der Waals surface area contributed by atoms with Gasteiger partial charge >= 0.3 is 0 Å². The molecule has 0 saturated heterocycles. The molecule has 0 unspecified atom stereocenters. The number of ether oxygens (including phenoxy) is 1. The van der Waals surface area contributed by atoms with E-state index in [-0.39, 0.29) is 36.4 Å². The molecule has 0 heterocycles. The van der Waals surface area contributed by atoms with Crippen molar-refractivity contribution in [3.05, 3.63) is 65.7 Å². The smallest absolute Gasteiger partial charge is 0.242 e. The zero-order valence-electron chi connectivity index (χ0n) is 17.4. The fourth-order valence-electron chi connectivity index (χ4n) is 2.73. The van der Waals surface area contributed by atoms with E-state index in [4.69, 9.17) is 4.74 Å². The monoisotopic (exact) mass is 510 g/mol. The SMILES string of the molecule is CCNC(=NCc1cccc(OC)c1)NCC(=O)N(CC)Cc1ccccc1.I. The fraction of sp³-hybridized carbons (Fsp3) is 0.364. The van der Waals surface area contributed by atoms with Crippen LogP contribution in [0.15, 0.2) is 59.6 Å². The molecule has 6 nitrogen and oxygen atoms in total. The Labute approximate surface area is 190 Å². The van der Waals surface area contributed by atoms with Gasteiger partial charge < -0.3 is 20.3 Å². The van der Waals surface area contributed by atoms with Gasteiger partial charge in [-0.15, -0.1) is 24.0 Å². The van der Waals surface area contributed by atoms with E-state index in [1.807, 2.05) is 73.3 Å². The molecule has 2 rings (SSSR count). The van der Waals surface area contributed by atoms with Crippen LogP contribution in [0, 0.1) is 0 Å². The third-order valence-electron chi connectivity index (χ3n) is 4.26. The summed E-state index contributed by atoms with van der Waals surface area (Å²) in [6.45, 7) is 6.68. The van der Waals surface area contributed by atoms with Crippen molar-refractivity contribution in [2.45, 2.75) is 26.9 Å². The number of aliphatic imine (C=N–C) groups is 1. The Balaban J connectivity index is 0.00000420. The van der Waals surface area contributed by atoms with E-state index in [0.717, 1.165) is 23.4 Å². The Kier molecular flexibility index (Phi) is 11.8. The molecule has 29 heavy (non-hydrogen) atoms. The summed E-state index contributed by atoms with van der Waals surface area (Å²) in [7, 11) is 1.65. The highest BCUT2D eigenvalue weighted by Gasteiger charge is 2.12. The lowest BCUT2D eigenvalue weighted by Gasteiger charge is -2.22. The second-order valence-electron chi connectivity index (χ2n) is 6.29. The fourth-order valence-corrected chi connectivity index (χ4v) is 2.73. The topological polar surface area (TPSA) is 66.0 Å². The van der Waals surface area contributed by atoms with Crippen LogP contribution in [0.5, 0.6) is 5.75 Å². The maximum Gasteiger partial charge on any atom is 0.242 e. The van der Waals surface area contributed by atoms with Crippen molar-refractivity contribution in [2.75, 3.05) is 26.7 Å². The molecule has 0 aliphatic heterocycles. The highest BCUT2D eigenvalue weighted by atomic mass is 127. The predicted molar refractivity (Wildman–Crippen MR) is 129 cm³/mol. The summed E-state index contributed by atoms with van der Waals surface area (Å²) >= 11 is 0. The first-order chi connectivity index (χ1) is 13.7. The Morgan fingerprint density at radius 1 is 1.03 bits per heavy atom. The van der Waals surface area contributed by atoms with E-state index >= 15 is 0 Å². The van der Waals surface area contributed by atoms with Gasteiger partial charge in [0.25, 0.3) is 0 Å². The minimum atomic E-state index is 0. The first kappa shape index (κ1) is 24.7. The molecular weight excluding hydrogens is 479 g/mol. The summed E-state index contributed by atoms with van der Waals surface area (Å²) in [5, 5.41) is 6.32. The van der Waals surface area contributed by atoms with Gasteiger partial charge in [0.05, 0.1) is 20.2 Å². The highest BCUT2D eigenvalue weighted by molar-refractivity contribution is 14.0. The van der Waals surface area contributed by atoms with Gasteiger partial charge in [-0.2, -0.15) is 0 Å². The second-order valence-corrected chi connectivity index (χ2v) is 6.29. The number of rotatable bonds is 9. The number of benzene rings is 2. The lowest BCUT2D eigenvalue weighted by atomic mass is 10.2. The Morgan fingerprint density at radius 3 is 2.41 bits per heavy atom. The lowest BCUT2D eigenvalue weighted by molar-refractivity contribution is -0.130. The van der Waals surface area contributed by atoms with Crippen molar-refractivity contribution in [2.24, 2.45) is 4.99 Å². The van der Waals surface area contributed by atoms with Gasteiger partial charge in [-0.1, -0.05) is 42.5 Å². The molecule has 0 bridgehead atoms. The van der Waals surface area contributed by atoms with Gasteiger partial charge in [0.2, 0.25) is 5.91 Å². The van der Waals surface area contributed by atoms with Crippen LogP contribution in [-0.2, 0) is 17.9 Å². The molecule has 0 aliphatic rings. The lowest BCUT2D eigenvalue weighted by Crippen LogP contribution is -2.44. The van der Waals surface area contributed by atoms with Crippen LogP contribution in [-0.4, -0.2) is 43.5 Å². The third kappa shape index (κ3) is 8.72. The van der Waals surface area contributed by atoms with Crippen LogP contribution in [0.2, 0.25) is 0 Å². The van der Waals surface area contributed by atoms with Crippen molar-refractivity contribution in [1.82, 2.24) is 15.5 Å². The average molecular weight is 510 g/mol. The zero-order chi connectivity index (χ0) is 20.2. The van der Waals surface area contributed by atoms with Crippen molar-refractivity contribution in [3.8, 4) is 5.75 Å². The molecule has 0 aromatic heterocycles. The molecule has 7 heteroatoms. The number of hydrogen-bond donors (Lipinski definition) is 2. The first-order valence-corrected chi connectivity index (χ1v) is 9.63. The number of hydrogen-bond acceptors (Lipinski definition) is 3. The molecule has 0 fully saturated rings. The number of nitrogens with zero attached hydrogens (tertiary/aromatic N) is 2. The minimum Gasteiger partial charge on any atom is -0.497 e. The number of carbonyl (C=O) groups excluding carboxylic acids is 1. The van der Waals surface area contributed by atoms with Crippen molar-refractivity contribution in [3.63, 3.8) is 0 Å². The van der Waals surface area contributed by atoms with Crippen molar-refractivity contribution < 1.29 is 9.53 Å². The molecule has 2 aromatic carbocycles. The van der Waals surface area contributed by atoms with Gasteiger partial charge in [-0.05, 0) is 37.1 Å². The molecule has 0 atom stereocenters. The number of methoxy groups -OCH3 is 1. The standard InChI is InChI=1S/C22H30N4O2.HI/c1-4-23-22(24-15-19-12-9-13-20(14-19)28-3)25-16-21(27)26(5-2)17-18-10-7-6-8-11-18;/h6-14H,4-5,15-17H2,1-3H3,(H2,23,24,25);1H. The van der Waals surface area contributed by atoms with Crippen LogP contribution in [0.1, 0.15) is 25.0 Å². The molecule has 0 saturated carbocycles. The quantitative estimate of drug-likeness (QED) is 0.308. The minimum absolute atomic E-state index is 0. The van der Waals surface area contributed by atoms with Crippen molar-refractivity contribution >= 4 is 35.8 Å². The van der Waals surface area contributed by atoms with Gasteiger partial charge in [-0.3, -0.25) is 4.79 Å². The second kappa shape index (κ2) is 13.8. The predicted octanol–water partition coefficient (Wildman–Crippen LogP) is 3.42. The number of nitrogens with one attached hydrogen (secondary N) is 2. The first-order valence-electron chi connectivity index (χ1n) is 9.63. The summed E-state index contributed by atoms with van der Waals surface area (Å²) in [5.74, 6) is 1.47. The summed E-state index contributed by atoms with van der Waals surface area (Å²) in [4.78, 5) is 19.0.